The zero-order valence-corrected chi connectivity index (χ0v) is 10.2. The highest BCUT2D eigenvalue weighted by molar-refractivity contribution is 8.00. The van der Waals surface area contributed by atoms with Gasteiger partial charge in [0.1, 0.15) is 5.82 Å². The highest BCUT2D eigenvalue weighted by Gasteiger charge is 2.13. The van der Waals surface area contributed by atoms with Crippen LogP contribution in [0.1, 0.15) is 13.3 Å². The number of nitro benzene ring substituents is 1. The van der Waals surface area contributed by atoms with E-state index in [1.54, 1.807) is 0 Å². The summed E-state index contributed by atoms with van der Waals surface area (Å²) < 4.78 is 13.5. The topological polar surface area (TPSA) is 43.1 Å². The number of rotatable bonds is 5. The molecule has 0 amide bonds. The van der Waals surface area contributed by atoms with Gasteiger partial charge in [-0.1, -0.05) is 6.92 Å². The van der Waals surface area contributed by atoms with Gasteiger partial charge in [0.05, 0.1) is 11.0 Å². The van der Waals surface area contributed by atoms with Crippen LogP contribution in [0.2, 0.25) is 0 Å². The molecule has 1 atom stereocenters. The zero-order chi connectivity index (χ0) is 12.1. The molecular formula is C10H11ClFNO2S. The molecule has 0 saturated carbocycles. The van der Waals surface area contributed by atoms with Gasteiger partial charge in [-0.3, -0.25) is 10.1 Å². The Bertz CT molecular complexity index is 389. The van der Waals surface area contributed by atoms with Gasteiger partial charge in [0.2, 0.25) is 0 Å². The van der Waals surface area contributed by atoms with E-state index in [0.717, 1.165) is 12.5 Å². The number of non-ortho nitro benzene ring substituents is 1. The summed E-state index contributed by atoms with van der Waals surface area (Å²) >= 11 is 6.91. The van der Waals surface area contributed by atoms with Crippen LogP contribution in [0.25, 0.3) is 0 Å². The number of thioether (sulfide) groups is 1. The van der Waals surface area contributed by atoms with Crippen molar-refractivity contribution in [2.24, 2.45) is 0 Å². The Labute approximate surface area is 102 Å². The van der Waals surface area contributed by atoms with Gasteiger partial charge in [-0.15, -0.1) is 23.4 Å². The third-order valence-electron chi connectivity index (χ3n) is 1.97. The summed E-state index contributed by atoms with van der Waals surface area (Å²) in [5.41, 5.74) is -0.230. The quantitative estimate of drug-likeness (QED) is 0.351. The van der Waals surface area contributed by atoms with Crippen LogP contribution in [-0.2, 0) is 0 Å². The smallest absolute Gasteiger partial charge is 0.258 e. The van der Waals surface area contributed by atoms with Gasteiger partial charge < -0.3 is 0 Å². The molecule has 0 N–H and O–H groups in total. The molecule has 0 saturated heterocycles. The second-order valence-corrected chi connectivity index (χ2v) is 5.14. The number of nitrogens with zero attached hydrogens (tertiary/aromatic N) is 1. The lowest BCUT2D eigenvalue weighted by Gasteiger charge is -2.09. The molecule has 0 aliphatic rings. The van der Waals surface area contributed by atoms with Crippen LogP contribution in [-0.4, -0.2) is 16.1 Å². The average Bonchev–Trinajstić information content (AvgIpc) is 2.21. The van der Waals surface area contributed by atoms with E-state index in [2.05, 4.69) is 0 Å². The number of halogens is 2. The van der Waals surface area contributed by atoms with E-state index in [-0.39, 0.29) is 10.9 Å². The van der Waals surface area contributed by atoms with Crippen LogP contribution in [0, 0.1) is 15.9 Å². The maximum absolute atomic E-state index is 13.5. The molecule has 3 nitrogen and oxygen atoms in total. The Morgan fingerprint density at radius 3 is 2.81 bits per heavy atom. The molecule has 0 aliphatic heterocycles. The molecule has 0 fully saturated rings. The molecule has 0 aromatic heterocycles. The summed E-state index contributed by atoms with van der Waals surface area (Å²) in [7, 11) is 0. The summed E-state index contributed by atoms with van der Waals surface area (Å²) in [6, 6.07) is 3.68. The van der Waals surface area contributed by atoms with E-state index in [4.69, 9.17) is 11.6 Å². The Morgan fingerprint density at radius 2 is 2.31 bits per heavy atom. The predicted octanol–water partition coefficient (Wildman–Crippen LogP) is 3.84. The first-order valence-corrected chi connectivity index (χ1v) is 6.12. The van der Waals surface area contributed by atoms with Crippen molar-refractivity contribution in [3.63, 3.8) is 0 Å². The lowest BCUT2D eigenvalue weighted by molar-refractivity contribution is -0.385. The molecule has 1 rings (SSSR count). The maximum Gasteiger partial charge on any atom is 0.272 e. The molecule has 0 aliphatic carbocycles. The van der Waals surface area contributed by atoms with Crippen LogP contribution < -0.4 is 0 Å². The van der Waals surface area contributed by atoms with Crippen molar-refractivity contribution in [2.45, 2.75) is 23.5 Å². The number of hydrogen-bond donors (Lipinski definition) is 0. The Morgan fingerprint density at radius 1 is 1.62 bits per heavy atom. The van der Waals surface area contributed by atoms with Gasteiger partial charge in [-0.05, 0) is 12.5 Å². The van der Waals surface area contributed by atoms with E-state index < -0.39 is 10.7 Å². The summed E-state index contributed by atoms with van der Waals surface area (Å²) in [6.45, 7) is 1.94. The number of hydrogen-bond acceptors (Lipinski definition) is 3. The summed E-state index contributed by atoms with van der Waals surface area (Å²) in [4.78, 5) is 10.2. The number of nitro groups is 1. The average molecular weight is 264 g/mol. The van der Waals surface area contributed by atoms with Crippen molar-refractivity contribution in [1.82, 2.24) is 0 Å². The SMILES string of the molecule is CC(CCCl)Sc1ccc([N+](=O)[O-])cc1F. The predicted molar refractivity (Wildman–Crippen MR) is 63.7 cm³/mol. The van der Waals surface area contributed by atoms with Crippen molar-refractivity contribution in [2.75, 3.05) is 5.88 Å². The van der Waals surface area contributed by atoms with E-state index in [9.17, 15) is 14.5 Å². The van der Waals surface area contributed by atoms with E-state index in [1.807, 2.05) is 6.92 Å². The fourth-order valence-corrected chi connectivity index (χ4v) is 2.57. The Kier molecular flexibility index (Phi) is 5.02. The normalized spacial score (nSPS) is 12.4. The maximum atomic E-state index is 13.5. The molecule has 0 spiro atoms. The van der Waals surface area contributed by atoms with Crippen molar-refractivity contribution < 1.29 is 9.31 Å². The summed E-state index contributed by atoms with van der Waals surface area (Å²) in [6.07, 6.45) is 0.767. The summed E-state index contributed by atoms with van der Waals surface area (Å²) in [5, 5.41) is 10.6. The molecule has 0 bridgehead atoms. The van der Waals surface area contributed by atoms with E-state index in [1.165, 1.54) is 23.9 Å². The lowest BCUT2D eigenvalue weighted by atomic mass is 10.3. The van der Waals surface area contributed by atoms with Gasteiger partial charge in [0, 0.05) is 22.1 Å². The molecule has 0 radical (unpaired) electrons. The van der Waals surface area contributed by atoms with Crippen molar-refractivity contribution in [3.05, 3.63) is 34.1 Å². The molecule has 1 unspecified atom stereocenters. The minimum Gasteiger partial charge on any atom is -0.258 e. The van der Waals surface area contributed by atoms with Crippen molar-refractivity contribution in [1.29, 1.82) is 0 Å². The molecular weight excluding hydrogens is 253 g/mol. The molecule has 0 heterocycles. The Hall–Kier alpha value is -0.810. The fraction of sp³-hybridized carbons (Fsp3) is 0.400. The van der Waals surface area contributed by atoms with Crippen molar-refractivity contribution in [3.8, 4) is 0 Å². The first-order valence-electron chi connectivity index (χ1n) is 4.71. The fourth-order valence-electron chi connectivity index (χ4n) is 1.13. The molecule has 6 heteroatoms. The van der Waals surface area contributed by atoms with Crippen LogP contribution in [0.4, 0.5) is 10.1 Å². The first-order chi connectivity index (χ1) is 7.54. The first kappa shape index (κ1) is 13.3. The van der Waals surface area contributed by atoms with Gasteiger partial charge in [-0.2, -0.15) is 0 Å². The van der Waals surface area contributed by atoms with Gasteiger partial charge >= 0.3 is 0 Å². The second-order valence-electron chi connectivity index (χ2n) is 3.28. The Balaban J connectivity index is 2.79. The minimum absolute atomic E-state index is 0.188. The molecule has 16 heavy (non-hydrogen) atoms. The van der Waals surface area contributed by atoms with Crippen molar-refractivity contribution >= 4 is 29.1 Å². The highest BCUT2D eigenvalue weighted by atomic mass is 35.5. The number of benzene rings is 1. The van der Waals surface area contributed by atoms with Gasteiger partial charge in [0.25, 0.3) is 5.69 Å². The van der Waals surface area contributed by atoms with Crippen LogP contribution in [0.3, 0.4) is 0 Å². The second kappa shape index (κ2) is 6.06. The third kappa shape index (κ3) is 3.64. The highest BCUT2D eigenvalue weighted by Crippen LogP contribution is 2.29. The minimum atomic E-state index is -0.611. The third-order valence-corrected chi connectivity index (χ3v) is 3.41. The van der Waals surface area contributed by atoms with Crippen LogP contribution in [0.15, 0.2) is 23.1 Å². The lowest BCUT2D eigenvalue weighted by Crippen LogP contribution is -1.98. The van der Waals surface area contributed by atoms with E-state index in [0.29, 0.717) is 10.8 Å². The van der Waals surface area contributed by atoms with Gasteiger partial charge in [-0.25, -0.2) is 4.39 Å². The molecule has 1 aromatic carbocycles. The van der Waals surface area contributed by atoms with Gasteiger partial charge in [0.15, 0.2) is 0 Å². The molecule has 1 aromatic rings. The van der Waals surface area contributed by atoms with Crippen LogP contribution >= 0.6 is 23.4 Å². The standard InChI is InChI=1S/C10H11ClFNO2S/c1-7(4-5-11)16-10-3-2-8(13(14)15)6-9(10)12/h2-3,6-7H,4-5H2,1H3. The monoisotopic (exact) mass is 263 g/mol. The number of alkyl halides is 1. The van der Waals surface area contributed by atoms with E-state index >= 15 is 0 Å². The zero-order valence-electron chi connectivity index (χ0n) is 8.65. The largest absolute Gasteiger partial charge is 0.272 e. The summed E-state index contributed by atoms with van der Waals surface area (Å²) in [5.74, 6) is -0.0383. The van der Waals surface area contributed by atoms with Crippen LogP contribution in [0.5, 0.6) is 0 Å². The molecule has 88 valence electrons.